The average molecular weight is 595 g/mol. The van der Waals surface area contributed by atoms with Crippen molar-refractivity contribution in [1.82, 2.24) is 15.0 Å². The van der Waals surface area contributed by atoms with Crippen molar-refractivity contribution in [2.75, 3.05) is 21.8 Å². The van der Waals surface area contributed by atoms with Crippen molar-refractivity contribution in [1.29, 1.82) is 0 Å². The van der Waals surface area contributed by atoms with E-state index in [9.17, 15) is 13.0 Å². The molecule has 216 valence electrons. The summed E-state index contributed by atoms with van der Waals surface area (Å²) in [6, 6.07) is 31.3. The lowest BCUT2D eigenvalue weighted by atomic mass is 10.2. The zero-order valence-electron chi connectivity index (χ0n) is 22.8. The summed E-state index contributed by atoms with van der Waals surface area (Å²) < 4.78 is 31.8. The highest BCUT2D eigenvalue weighted by Crippen LogP contribution is 2.27. The van der Waals surface area contributed by atoms with Gasteiger partial charge in [0.2, 0.25) is 17.8 Å². The summed E-state index contributed by atoms with van der Waals surface area (Å²) >= 11 is 0. The van der Waals surface area contributed by atoms with E-state index in [0.29, 0.717) is 22.7 Å². The minimum atomic E-state index is -4.32. The van der Waals surface area contributed by atoms with Crippen molar-refractivity contribution in [3.63, 3.8) is 0 Å². The molecule has 0 saturated heterocycles. The van der Waals surface area contributed by atoms with Gasteiger partial charge in [0, 0.05) is 11.4 Å². The number of aryl methyl sites for hydroxylation is 1. The highest BCUT2D eigenvalue weighted by Gasteiger charge is 2.12. The topological polar surface area (TPSA) is 179 Å². The number of hydrogen-bond acceptors (Lipinski definition) is 12. The second-order valence-electron chi connectivity index (χ2n) is 9.08. The molecule has 4 aromatic carbocycles. The van der Waals surface area contributed by atoms with Crippen LogP contribution >= 0.6 is 0 Å². The molecule has 0 fully saturated rings. The Morgan fingerprint density at radius 3 is 1.67 bits per heavy atom. The van der Waals surface area contributed by atoms with Crippen LogP contribution in [0.25, 0.3) is 0 Å². The monoisotopic (exact) mass is 594 g/mol. The van der Waals surface area contributed by atoms with Crippen LogP contribution in [0.4, 0.5) is 52.0 Å². The fraction of sp³-hybridized carbons (Fsp3) is 0.0690. The van der Waals surface area contributed by atoms with Crippen LogP contribution in [0.2, 0.25) is 0 Å². The number of nitrogens with one attached hydrogen (secondary N) is 3. The Balaban J connectivity index is 1.33. The minimum absolute atomic E-state index is 0.0724. The molecule has 0 bridgehead atoms. The fourth-order valence-corrected chi connectivity index (χ4v) is 3.97. The van der Waals surface area contributed by atoms with Gasteiger partial charge in [0.25, 0.3) is 10.1 Å². The molecular formula is C29H26N10O3S. The van der Waals surface area contributed by atoms with Crippen molar-refractivity contribution >= 4 is 62.1 Å². The molecule has 0 unspecified atom stereocenters. The normalized spacial score (nSPS) is 11.6. The van der Waals surface area contributed by atoms with Crippen LogP contribution in [0.1, 0.15) is 5.56 Å². The number of rotatable bonds is 11. The first kappa shape index (κ1) is 28.9. The van der Waals surface area contributed by atoms with Gasteiger partial charge in [0.15, 0.2) is 0 Å². The second kappa shape index (κ2) is 13.4. The highest BCUT2D eigenvalue weighted by atomic mass is 32.2. The van der Waals surface area contributed by atoms with E-state index in [-0.39, 0.29) is 17.8 Å². The summed E-state index contributed by atoms with van der Waals surface area (Å²) in [6.07, 6.45) is 0. The van der Waals surface area contributed by atoms with Crippen molar-refractivity contribution in [2.24, 2.45) is 20.5 Å². The van der Waals surface area contributed by atoms with Crippen molar-refractivity contribution in [3.05, 3.63) is 109 Å². The molecule has 13 nitrogen and oxygen atoms in total. The Morgan fingerprint density at radius 1 is 0.628 bits per heavy atom. The summed E-state index contributed by atoms with van der Waals surface area (Å²) in [5.41, 5.74) is 4.94. The smallest absolute Gasteiger partial charge is 0.283 e. The van der Waals surface area contributed by atoms with Crippen molar-refractivity contribution < 1.29 is 13.0 Å². The molecule has 5 aromatic rings. The molecule has 1 heterocycles. The average Bonchev–Trinajstić information content (AvgIpc) is 3.00. The first-order chi connectivity index (χ1) is 20.8. The largest absolute Gasteiger partial charge is 0.338 e. The minimum Gasteiger partial charge on any atom is -0.338 e. The Morgan fingerprint density at radius 2 is 1.12 bits per heavy atom. The summed E-state index contributed by atoms with van der Waals surface area (Å²) in [7, 11) is -4.32. The van der Waals surface area contributed by atoms with Gasteiger partial charge >= 0.3 is 0 Å². The third-order valence-electron chi connectivity index (χ3n) is 5.70. The van der Waals surface area contributed by atoms with Crippen LogP contribution in [-0.4, -0.2) is 33.8 Å². The maximum Gasteiger partial charge on any atom is 0.283 e. The third kappa shape index (κ3) is 8.94. The molecule has 1 aromatic heterocycles. The predicted octanol–water partition coefficient (Wildman–Crippen LogP) is 7.76. The van der Waals surface area contributed by atoms with E-state index in [4.69, 9.17) is 0 Å². The SMILES string of the molecule is Cc1cc(N=Nc2ccccc2)ccc1Nc1nc(NCS(=O)(=O)O)nc(Nc2ccc(N=Nc3ccccc3)cc2)n1. The van der Waals surface area contributed by atoms with Gasteiger partial charge in [0.1, 0.15) is 5.88 Å². The predicted molar refractivity (Wildman–Crippen MR) is 165 cm³/mol. The molecule has 0 atom stereocenters. The van der Waals surface area contributed by atoms with Gasteiger partial charge in [-0.05, 0) is 79.2 Å². The number of hydrogen-bond donors (Lipinski definition) is 4. The number of azo groups is 2. The van der Waals surface area contributed by atoms with Gasteiger partial charge in [0.05, 0.1) is 22.7 Å². The van der Waals surface area contributed by atoms with E-state index in [0.717, 1.165) is 16.9 Å². The molecule has 0 aliphatic heterocycles. The van der Waals surface area contributed by atoms with Crippen LogP contribution in [-0.2, 0) is 10.1 Å². The first-order valence-corrected chi connectivity index (χ1v) is 14.5. The number of anilines is 5. The van der Waals surface area contributed by atoms with Crippen LogP contribution < -0.4 is 16.0 Å². The van der Waals surface area contributed by atoms with Crippen molar-refractivity contribution in [2.45, 2.75) is 6.92 Å². The summed E-state index contributed by atoms with van der Waals surface area (Å²) in [4.78, 5) is 12.9. The van der Waals surface area contributed by atoms with Gasteiger partial charge in [-0.1, -0.05) is 36.4 Å². The molecule has 0 saturated carbocycles. The fourth-order valence-electron chi connectivity index (χ4n) is 3.65. The quantitative estimate of drug-likeness (QED) is 0.0878. The highest BCUT2D eigenvalue weighted by molar-refractivity contribution is 7.85. The molecule has 5 rings (SSSR count). The molecule has 0 aliphatic rings. The Labute approximate surface area is 247 Å². The van der Waals surface area contributed by atoms with Gasteiger partial charge < -0.3 is 16.0 Å². The molecule has 0 spiro atoms. The lowest BCUT2D eigenvalue weighted by Crippen LogP contribution is -2.16. The van der Waals surface area contributed by atoms with E-state index < -0.39 is 16.0 Å². The number of nitrogens with zero attached hydrogens (tertiary/aromatic N) is 7. The Hall–Kier alpha value is -5.60. The lowest BCUT2D eigenvalue weighted by molar-refractivity contribution is 0.485. The molecule has 0 amide bonds. The van der Waals surface area contributed by atoms with Crippen LogP contribution in [0.3, 0.4) is 0 Å². The van der Waals surface area contributed by atoms with E-state index in [2.05, 4.69) is 51.4 Å². The van der Waals surface area contributed by atoms with E-state index in [1.54, 1.807) is 36.4 Å². The standard InChI is InChI=1S/C29H26N10O3S/c1-20-18-25(39-37-23-10-6-3-7-11-23)16-17-26(20)32-29-34-27(30-19-43(40,41)42)33-28(35-29)31-21-12-14-24(15-13-21)38-36-22-8-4-2-5-9-22/h2-18H,19H2,1H3,(H,40,41,42)(H3,30,31,32,33,34,35). The van der Waals surface area contributed by atoms with Gasteiger partial charge in [-0.25, -0.2) is 0 Å². The number of aromatic nitrogens is 3. The lowest BCUT2D eigenvalue weighted by Gasteiger charge is -2.12. The maximum absolute atomic E-state index is 11.3. The van der Waals surface area contributed by atoms with Crippen LogP contribution in [0.15, 0.2) is 124 Å². The first-order valence-electron chi connectivity index (χ1n) is 12.9. The van der Waals surface area contributed by atoms with Gasteiger partial charge in [-0.3, -0.25) is 4.55 Å². The molecule has 43 heavy (non-hydrogen) atoms. The molecular weight excluding hydrogens is 568 g/mol. The van der Waals surface area contributed by atoms with Crippen LogP contribution in [0, 0.1) is 6.92 Å². The summed E-state index contributed by atoms with van der Waals surface area (Å²) in [6.45, 7) is 1.89. The zero-order valence-corrected chi connectivity index (χ0v) is 23.6. The van der Waals surface area contributed by atoms with E-state index in [1.807, 2.05) is 73.7 Å². The van der Waals surface area contributed by atoms with Gasteiger partial charge in [-0.15, -0.1) is 0 Å². The molecule has 14 heteroatoms. The number of benzene rings is 4. The van der Waals surface area contributed by atoms with Crippen LogP contribution in [0.5, 0.6) is 0 Å². The van der Waals surface area contributed by atoms with E-state index >= 15 is 0 Å². The van der Waals surface area contributed by atoms with Gasteiger partial charge in [-0.2, -0.15) is 43.8 Å². The molecule has 0 aliphatic carbocycles. The summed E-state index contributed by atoms with van der Waals surface area (Å²) in [5, 5.41) is 25.7. The molecule has 0 radical (unpaired) electrons. The third-order valence-corrected chi connectivity index (χ3v) is 6.21. The van der Waals surface area contributed by atoms with Crippen molar-refractivity contribution in [3.8, 4) is 0 Å². The second-order valence-corrected chi connectivity index (χ2v) is 10.5. The van der Waals surface area contributed by atoms with E-state index in [1.165, 1.54) is 0 Å². The Bertz CT molecular complexity index is 1850. The zero-order chi connectivity index (χ0) is 30.1. The maximum atomic E-state index is 11.3. The summed E-state index contributed by atoms with van der Waals surface area (Å²) in [5.74, 6) is -0.598. The Kier molecular flexibility index (Phi) is 8.99. The molecule has 4 N–H and O–H groups in total.